The summed E-state index contributed by atoms with van der Waals surface area (Å²) in [4.78, 5) is 20.9. The maximum Gasteiger partial charge on any atom is 0.198 e. The molecule has 38 heavy (non-hydrogen) atoms. The van der Waals surface area contributed by atoms with Crippen LogP contribution in [-0.2, 0) is 4.74 Å². The van der Waals surface area contributed by atoms with Gasteiger partial charge in [0.15, 0.2) is 23.1 Å². The Hall–Kier alpha value is -4.02. The lowest BCUT2D eigenvalue weighted by Gasteiger charge is -2.30. The molecule has 1 aliphatic heterocycles. The maximum atomic E-state index is 15.1. The van der Waals surface area contributed by atoms with Gasteiger partial charge >= 0.3 is 0 Å². The van der Waals surface area contributed by atoms with Gasteiger partial charge in [-0.25, -0.2) is 13.8 Å². The number of benzene rings is 2. The number of pyridine rings is 1. The second-order valence-electron chi connectivity index (χ2n) is 8.92. The zero-order valence-corrected chi connectivity index (χ0v) is 20.7. The Labute approximate surface area is 217 Å². The summed E-state index contributed by atoms with van der Waals surface area (Å²) in [6.07, 6.45) is 4.27. The van der Waals surface area contributed by atoms with Crippen molar-refractivity contribution in [3.8, 4) is 17.2 Å². The quantitative estimate of drug-likeness (QED) is 0.259. The molecule has 2 aromatic carbocycles. The molecule has 1 saturated heterocycles. The minimum absolute atomic E-state index is 0.0391. The van der Waals surface area contributed by atoms with E-state index >= 15 is 4.39 Å². The molecule has 2 aromatic heterocycles. The van der Waals surface area contributed by atoms with Crippen LogP contribution < -0.4 is 14.8 Å². The van der Waals surface area contributed by atoms with Gasteiger partial charge in [0.1, 0.15) is 17.2 Å². The predicted octanol–water partition coefficient (Wildman–Crippen LogP) is 5.21. The molecule has 5 rings (SSSR count). The number of fused-ring (bicyclic) bond motifs is 1. The molecule has 0 radical (unpaired) electrons. The summed E-state index contributed by atoms with van der Waals surface area (Å²) in [6, 6.07) is 9.47. The highest BCUT2D eigenvalue weighted by Crippen LogP contribution is 2.37. The van der Waals surface area contributed by atoms with Crippen molar-refractivity contribution >= 4 is 22.5 Å². The van der Waals surface area contributed by atoms with E-state index in [0.29, 0.717) is 42.1 Å². The fourth-order valence-corrected chi connectivity index (χ4v) is 4.48. The number of aliphatic hydroxyl groups excluding tert-OH is 1. The number of para-hydroxylation sites is 1. The Morgan fingerprint density at radius 2 is 2.00 bits per heavy atom. The van der Waals surface area contributed by atoms with Gasteiger partial charge in [-0.05, 0) is 44.0 Å². The van der Waals surface area contributed by atoms with Crippen LogP contribution in [0.5, 0.6) is 17.2 Å². The number of aliphatic hydroxyl groups is 1. The van der Waals surface area contributed by atoms with Crippen LogP contribution in [0, 0.1) is 11.6 Å². The SMILES string of the molecule is CCOc1cnc2[nH]cc(C(=O)c3ccc(Oc4ccccc4F)cc3F)c2c1N[C@@H]1CC[C@@H](CO)OC1. The average Bonchev–Trinajstić information content (AvgIpc) is 3.36. The maximum absolute atomic E-state index is 15.1. The molecule has 4 aromatic rings. The molecule has 0 spiro atoms. The Bertz CT molecular complexity index is 1450. The molecule has 8 nitrogen and oxygen atoms in total. The monoisotopic (exact) mass is 523 g/mol. The van der Waals surface area contributed by atoms with Gasteiger partial charge in [-0.3, -0.25) is 4.79 Å². The highest BCUT2D eigenvalue weighted by atomic mass is 19.1. The molecule has 0 bridgehead atoms. The number of anilines is 1. The molecular weight excluding hydrogens is 496 g/mol. The molecule has 2 atom stereocenters. The highest BCUT2D eigenvalue weighted by molar-refractivity contribution is 6.19. The summed E-state index contributed by atoms with van der Waals surface area (Å²) in [6.45, 7) is 2.55. The van der Waals surface area contributed by atoms with Crippen molar-refractivity contribution in [3.05, 3.63) is 77.6 Å². The van der Waals surface area contributed by atoms with Gasteiger partial charge in [0.25, 0.3) is 0 Å². The second kappa shape index (κ2) is 11.2. The lowest BCUT2D eigenvalue weighted by molar-refractivity contribution is -0.0223. The molecule has 1 fully saturated rings. The van der Waals surface area contributed by atoms with Crippen LogP contribution in [-0.4, -0.2) is 52.8 Å². The summed E-state index contributed by atoms with van der Waals surface area (Å²) in [5, 5.41) is 13.2. The van der Waals surface area contributed by atoms with Crippen molar-refractivity contribution in [2.45, 2.75) is 31.9 Å². The minimum Gasteiger partial charge on any atom is -0.490 e. The first-order chi connectivity index (χ1) is 18.5. The predicted molar refractivity (Wildman–Crippen MR) is 137 cm³/mol. The molecule has 0 unspecified atom stereocenters. The summed E-state index contributed by atoms with van der Waals surface area (Å²) in [5.74, 6) is -1.50. The minimum atomic E-state index is -0.808. The van der Waals surface area contributed by atoms with E-state index in [0.717, 1.165) is 12.5 Å². The number of carbonyl (C=O) groups is 1. The van der Waals surface area contributed by atoms with Gasteiger partial charge in [-0.15, -0.1) is 0 Å². The van der Waals surface area contributed by atoms with Crippen LogP contribution in [0.2, 0.25) is 0 Å². The lowest BCUT2D eigenvalue weighted by Crippen LogP contribution is -2.36. The van der Waals surface area contributed by atoms with Gasteiger partial charge in [-0.1, -0.05) is 12.1 Å². The molecule has 3 N–H and O–H groups in total. The number of halogens is 2. The summed E-state index contributed by atoms with van der Waals surface area (Å²) in [5.41, 5.74) is 1.02. The van der Waals surface area contributed by atoms with Crippen LogP contribution >= 0.6 is 0 Å². The number of carbonyl (C=O) groups excluding carboxylic acids is 1. The van der Waals surface area contributed by atoms with Gasteiger partial charge in [0, 0.05) is 18.3 Å². The average molecular weight is 524 g/mol. The van der Waals surface area contributed by atoms with Crippen LogP contribution in [0.3, 0.4) is 0 Å². The first-order valence-electron chi connectivity index (χ1n) is 12.4. The zero-order valence-electron chi connectivity index (χ0n) is 20.7. The fraction of sp³-hybridized carbons (Fsp3) is 0.286. The Balaban J connectivity index is 1.47. The van der Waals surface area contributed by atoms with Crippen LogP contribution in [0.4, 0.5) is 14.5 Å². The lowest BCUT2D eigenvalue weighted by atomic mass is 10.0. The third kappa shape index (κ3) is 5.18. The van der Waals surface area contributed by atoms with E-state index in [2.05, 4.69) is 15.3 Å². The van der Waals surface area contributed by atoms with Gasteiger partial charge < -0.3 is 29.6 Å². The van der Waals surface area contributed by atoms with Gasteiger partial charge in [-0.2, -0.15) is 0 Å². The number of rotatable bonds is 9. The van der Waals surface area contributed by atoms with E-state index in [1.54, 1.807) is 12.3 Å². The number of H-pyrrole nitrogens is 1. The largest absolute Gasteiger partial charge is 0.490 e. The molecule has 10 heteroatoms. The van der Waals surface area contributed by atoms with Crippen molar-refractivity contribution in [3.63, 3.8) is 0 Å². The number of nitrogens with zero attached hydrogens (tertiary/aromatic N) is 1. The van der Waals surface area contributed by atoms with Crippen molar-refractivity contribution in [1.29, 1.82) is 0 Å². The molecule has 198 valence electrons. The highest BCUT2D eigenvalue weighted by Gasteiger charge is 2.26. The Kier molecular flexibility index (Phi) is 7.52. The second-order valence-corrected chi connectivity index (χ2v) is 8.92. The van der Waals surface area contributed by atoms with Gasteiger partial charge in [0.2, 0.25) is 0 Å². The molecule has 0 aliphatic carbocycles. The number of ether oxygens (including phenoxy) is 3. The van der Waals surface area contributed by atoms with E-state index in [1.165, 1.54) is 36.5 Å². The number of hydrogen-bond acceptors (Lipinski definition) is 7. The third-order valence-electron chi connectivity index (χ3n) is 6.38. The Morgan fingerprint density at radius 3 is 2.71 bits per heavy atom. The third-order valence-corrected chi connectivity index (χ3v) is 6.38. The smallest absolute Gasteiger partial charge is 0.198 e. The first kappa shape index (κ1) is 25.6. The summed E-state index contributed by atoms with van der Waals surface area (Å²) >= 11 is 0. The fourth-order valence-electron chi connectivity index (χ4n) is 4.48. The molecule has 0 saturated carbocycles. The number of ketones is 1. The van der Waals surface area contributed by atoms with Crippen molar-refractivity contribution < 1.29 is 32.9 Å². The van der Waals surface area contributed by atoms with E-state index in [4.69, 9.17) is 14.2 Å². The molecule has 3 heterocycles. The topological polar surface area (TPSA) is 106 Å². The molecule has 0 amide bonds. The van der Waals surface area contributed by atoms with Crippen molar-refractivity contribution in [2.75, 3.05) is 25.1 Å². The van der Waals surface area contributed by atoms with Crippen LogP contribution in [0.1, 0.15) is 35.7 Å². The van der Waals surface area contributed by atoms with E-state index in [9.17, 15) is 14.3 Å². The van der Waals surface area contributed by atoms with E-state index < -0.39 is 17.4 Å². The Morgan fingerprint density at radius 1 is 1.16 bits per heavy atom. The van der Waals surface area contributed by atoms with Gasteiger partial charge in [0.05, 0.1) is 54.3 Å². The zero-order chi connectivity index (χ0) is 26.6. The van der Waals surface area contributed by atoms with Crippen molar-refractivity contribution in [2.24, 2.45) is 0 Å². The standard InChI is InChI=1S/C28H27F2N3O5/c1-2-36-24-13-32-28-25(26(24)33-16-7-8-18(14-34)37-15-16)20(12-31-28)27(35)19-10-9-17(11-22(19)30)38-23-6-4-3-5-21(23)29/h3-6,9-13,16,18,34H,2,7-8,14-15H2,1H3,(H2,31,32,33)/t16-,18+/m1/s1. The first-order valence-corrected chi connectivity index (χ1v) is 12.4. The number of aromatic amines is 1. The normalized spacial score (nSPS) is 17.4. The van der Waals surface area contributed by atoms with Crippen molar-refractivity contribution in [1.82, 2.24) is 9.97 Å². The van der Waals surface area contributed by atoms with Crippen LogP contribution in [0.25, 0.3) is 11.0 Å². The molecular formula is C28H27F2N3O5. The van der Waals surface area contributed by atoms with Crippen LogP contribution in [0.15, 0.2) is 54.9 Å². The number of hydrogen-bond donors (Lipinski definition) is 3. The number of nitrogens with one attached hydrogen (secondary N) is 2. The van der Waals surface area contributed by atoms with E-state index in [1.807, 2.05) is 6.92 Å². The molecule has 1 aliphatic rings. The summed E-state index contributed by atoms with van der Waals surface area (Å²) < 4.78 is 46.0. The summed E-state index contributed by atoms with van der Waals surface area (Å²) in [7, 11) is 0. The van der Waals surface area contributed by atoms with E-state index in [-0.39, 0.29) is 41.4 Å². The number of aromatic nitrogens is 2.